The lowest BCUT2D eigenvalue weighted by atomic mass is 10.1. The molecule has 3 aromatic rings. The lowest BCUT2D eigenvalue weighted by molar-refractivity contribution is -0.137. The molecule has 3 nitrogen and oxygen atoms in total. The summed E-state index contributed by atoms with van der Waals surface area (Å²) in [7, 11) is 0. The normalized spacial score (nSPS) is 12.0. The predicted octanol–water partition coefficient (Wildman–Crippen LogP) is 5.01. The van der Waals surface area contributed by atoms with Gasteiger partial charge in [-0.25, -0.2) is 4.98 Å². The van der Waals surface area contributed by atoms with Gasteiger partial charge >= 0.3 is 6.18 Å². The van der Waals surface area contributed by atoms with E-state index in [0.717, 1.165) is 28.7 Å². The molecule has 122 valence electrons. The monoisotopic (exact) mass is 329 g/mol. The van der Waals surface area contributed by atoms with Gasteiger partial charge in [0.2, 0.25) is 0 Å². The number of anilines is 1. The van der Waals surface area contributed by atoms with Gasteiger partial charge in [-0.15, -0.1) is 0 Å². The minimum atomic E-state index is -4.42. The van der Waals surface area contributed by atoms with Crippen LogP contribution in [0, 0.1) is 6.92 Å². The van der Waals surface area contributed by atoms with Crippen LogP contribution in [-0.4, -0.2) is 11.2 Å². The molecule has 1 heterocycles. The van der Waals surface area contributed by atoms with Crippen LogP contribution in [-0.2, 0) is 6.18 Å². The van der Waals surface area contributed by atoms with Gasteiger partial charge in [0.25, 0.3) is 0 Å². The molecule has 0 aliphatic rings. The van der Waals surface area contributed by atoms with Crippen molar-refractivity contribution < 1.29 is 13.2 Å². The highest BCUT2D eigenvalue weighted by Crippen LogP contribution is 2.31. The summed E-state index contributed by atoms with van der Waals surface area (Å²) in [5, 5.41) is 4.92. The minimum absolute atomic E-state index is 0.00462. The Morgan fingerprint density at radius 2 is 1.75 bits per heavy atom. The number of nitrogens with zero attached hydrogens (tertiary/aromatic N) is 2. The third kappa shape index (κ3) is 3.37. The number of halogens is 3. The molecule has 3 rings (SSSR count). The number of fused-ring (bicyclic) bond motifs is 1. The van der Waals surface area contributed by atoms with E-state index in [1.165, 1.54) is 18.2 Å². The Morgan fingerprint density at radius 1 is 1.04 bits per heavy atom. The summed E-state index contributed by atoms with van der Waals surface area (Å²) in [6.07, 6.45) is -3.27. The number of para-hydroxylation sites is 1. The Balaban J connectivity index is 1.85. The summed E-state index contributed by atoms with van der Waals surface area (Å²) in [5.74, 6) is 0.479. The van der Waals surface area contributed by atoms with E-state index in [-0.39, 0.29) is 5.56 Å². The highest BCUT2D eigenvalue weighted by atomic mass is 19.4. The summed E-state index contributed by atoms with van der Waals surface area (Å²) in [6, 6.07) is 14.7. The molecule has 0 aliphatic carbocycles. The number of benzene rings is 2. The van der Waals surface area contributed by atoms with Gasteiger partial charge in [-0.2, -0.15) is 18.3 Å². The molecular formula is C18H14F3N3. The summed E-state index contributed by atoms with van der Waals surface area (Å²) < 4.78 is 38.8. The van der Waals surface area contributed by atoms with Crippen molar-refractivity contribution in [2.75, 3.05) is 5.43 Å². The third-order valence-corrected chi connectivity index (χ3v) is 3.57. The number of hydrazone groups is 1. The standard InChI is InChI=1S/C18H14F3N3/c1-12-10-17(23-16-9-5-3-7-14(12)16)24-22-11-13-6-2-4-8-15(13)18(19,20)21/h2-11H,1H3,(H,23,24). The fraction of sp³-hybridized carbons (Fsp3) is 0.111. The topological polar surface area (TPSA) is 37.3 Å². The second kappa shape index (κ2) is 6.31. The largest absolute Gasteiger partial charge is 0.417 e. The van der Waals surface area contributed by atoms with Crippen LogP contribution in [0.3, 0.4) is 0 Å². The van der Waals surface area contributed by atoms with Crippen molar-refractivity contribution in [3.05, 3.63) is 71.3 Å². The first-order chi connectivity index (χ1) is 11.4. The third-order valence-electron chi connectivity index (χ3n) is 3.57. The van der Waals surface area contributed by atoms with Gasteiger partial charge in [0.15, 0.2) is 0 Å². The van der Waals surface area contributed by atoms with Gasteiger partial charge in [-0.3, -0.25) is 5.43 Å². The Bertz CT molecular complexity index is 901. The number of nitrogens with one attached hydrogen (secondary N) is 1. The molecule has 0 unspecified atom stereocenters. The van der Waals surface area contributed by atoms with Gasteiger partial charge in [-0.05, 0) is 30.7 Å². The van der Waals surface area contributed by atoms with Crippen LogP contribution in [0.15, 0.2) is 59.7 Å². The summed E-state index contributed by atoms with van der Waals surface area (Å²) in [5.41, 5.74) is 3.77. The van der Waals surface area contributed by atoms with Gasteiger partial charge in [0, 0.05) is 10.9 Å². The van der Waals surface area contributed by atoms with Crippen LogP contribution in [0.5, 0.6) is 0 Å². The lowest BCUT2D eigenvalue weighted by Crippen LogP contribution is -2.09. The quantitative estimate of drug-likeness (QED) is 0.542. The number of alkyl halides is 3. The Kier molecular flexibility index (Phi) is 4.20. The molecule has 0 radical (unpaired) electrons. The molecule has 0 saturated heterocycles. The van der Waals surface area contributed by atoms with Crippen LogP contribution >= 0.6 is 0 Å². The average Bonchev–Trinajstić information content (AvgIpc) is 2.54. The van der Waals surface area contributed by atoms with Crippen LogP contribution < -0.4 is 5.43 Å². The van der Waals surface area contributed by atoms with E-state index in [1.54, 1.807) is 6.07 Å². The first kappa shape index (κ1) is 16.0. The maximum Gasteiger partial charge on any atom is 0.417 e. The second-order valence-corrected chi connectivity index (χ2v) is 5.30. The van der Waals surface area contributed by atoms with Crippen LogP contribution in [0.4, 0.5) is 19.0 Å². The highest BCUT2D eigenvalue weighted by molar-refractivity contribution is 5.85. The van der Waals surface area contributed by atoms with Crippen LogP contribution in [0.25, 0.3) is 10.9 Å². The molecule has 2 aromatic carbocycles. The zero-order valence-corrected chi connectivity index (χ0v) is 12.8. The fourth-order valence-corrected chi connectivity index (χ4v) is 2.44. The minimum Gasteiger partial charge on any atom is -0.261 e. The smallest absolute Gasteiger partial charge is 0.261 e. The molecule has 0 atom stereocenters. The van der Waals surface area contributed by atoms with Gasteiger partial charge < -0.3 is 0 Å². The van der Waals surface area contributed by atoms with E-state index >= 15 is 0 Å². The van der Waals surface area contributed by atoms with E-state index in [1.807, 2.05) is 31.2 Å². The molecule has 0 aliphatic heterocycles. The maximum absolute atomic E-state index is 12.9. The van der Waals surface area contributed by atoms with E-state index in [2.05, 4.69) is 15.5 Å². The van der Waals surface area contributed by atoms with Crippen LogP contribution in [0.1, 0.15) is 16.7 Å². The fourth-order valence-electron chi connectivity index (χ4n) is 2.44. The van der Waals surface area contributed by atoms with E-state index < -0.39 is 11.7 Å². The number of rotatable bonds is 3. The zero-order valence-electron chi connectivity index (χ0n) is 12.8. The van der Waals surface area contributed by atoms with Crippen molar-refractivity contribution >= 4 is 22.9 Å². The Hall–Kier alpha value is -2.89. The predicted molar refractivity (Wildman–Crippen MR) is 89.1 cm³/mol. The van der Waals surface area contributed by atoms with Crippen molar-refractivity contribution in [1.29, 1.82) is 0 Å². The van der Waals surface area contributed by atoms with Gasteiger partial charge in [-0.1, -0.05) is 36.4 Å². The number of hydrogen-bond acceptors (Lipinski definition) is 3. The second-order valence-electron chi connectivity index (χ2n) is 5.30. The summed E-state index contributed by atoms with van der Waals surface area (Å²) in [4.78, 5) is 4.39. The molecule has 1 N–H and O–H groups in total. The van der Waals surface area contributed by atoms with E-state index in [0.29, 0.717) is 5.82 Å². The van der Waals surface area contributed by atoms with Crippen molar-refractivity contribution in [1.82, 2.24) is 4.98 Å². The molecule has 0 amide bonds. The van der Waals surface area contributed by atoms with E-state index in [9.17, 15) is 13.2 Å². The molecule has 1 aromatic heterocycles. The molecule has 0 fully saturated rings. The highest BCUT2D eigenvalue weighted by Gasteiger charge is 2.32. The van der Waals surface area contributed by atoms with Crippen LogP contribution in [0.2, 0.25) is 0 Å². The van der Waals surface area contributed by atoms with Crippen molar-refractivity contribution in [2.45, 2.75) is 13.1 Å². The first-order valence-electron chi connectivity index (χ1n) is 7.27. The van der Waals surface area contributed by atoms with Gasteiger partial charge in [0.05, 0.1) is 17.3 Å². The molecule has 24 heavy (non-hydrogen) atoms. The van der Waals surface area contributed by atoms with Gasteiger partial charge in [0.1, 0.15) is 5.82 Å². The SMILES string of the molecule is Cc1cc(NN=Cc2ccccc2C(F)(F)F)nc2ccccc12. The summed E-state index contributed by atoms with van der Waals surface area (Å²) in [6.45, 7) is 1.94. The zero-order chi connectivity index (χ0) is 17.2. The average molecular weight is 329 g/mol. The number of hydrogen-bond donors (Lipinski definition) is 1. The molecule has 0 bridgehead atoms. The maximum atomic E-state index is 12.9. The number of pyridine rings is 1. The van der Waals surface area contributed by atoms with Crippen molar-refractivity contribution in [3.63, 3.8) is 0 Å². The first-order valence-corrected chi connectivity index (χ1v) is 7.27. The Labute approximate surface area is 136 Å². The number of aromatic nitrogens is 1. The molecule has 0 spiro atoms. The van der Waals surface area contributed by atoms with E-state index in [4.69, 9.17) is 0 Å². The summed E-state index contributed by atoms with van der Waals surface area (Å²) >= 11 is 0. The lowest BCUT2D eigenvalue weighted by Gasteiger charge is -2.09. The molecule has 6 heteroatoms. The van der Waals surface area contributed by atoms with Crippen molar-refractivity contribution in [3.8, 4) is 0 Å². The molecule has 0 saturated carbocycles. The Morgan fingerprint density at radius 3 is 2.54 bits per heavy atom. The molecular weight excluding hydrogens is 315 g/mol. The van der Waals surface area contributed by atoms with Crippen molar-refractivity contribution in [2.24, 2.45) is 5.10 Å². The number of aryl methyl sites for hydroxylation is 1.